The maximum atomic E-state index is 2.39. The maximum Gasteiger partial charge on any atom is 0.0111 e. The van der Waals surface area contributed by atoms with E-state index in [-0.39, 0.29) is 7.53 Å². The molecule has 1 aromatic heterocycles. The summed E-state index contributed by atoms with van der Waals surface area (Å²) in [6, 6.07) is 12.9. The molecule has 13 heavy (non-hydrogen) atoms. The van der Waals surface area contributed by atoms with Crippen molar-refractivity contribution in [1.29, 1.82) is 0 Å². The second-order valence-corrected chi connectivity index (χ2v) is 5.25. The van der Waals surface area contributed by atoms with Crippen LogP contribution in [0.5, 0.6) is 0 Å². The van der Waals surface area contributed by atoms with Crippen LogP contribution in [0.4, 0.5) is 0 Å². The van der Waals surface area contributed by atoms with E-state index in [9.17, 15) is 0 Å². The Morgan fingerprint density at radius 2 is 1.85 bits per heavy atom. The SMILES string of the molecule is Cc1ccp(Cc2ccccc2)c1. The third-order valence-electron chi connectivity index (χ3n) is 2.11. The van der Waals surface area contributed by atoms with Gasteiger partial charge in [-0.3, -0.25) is 0 Å². The molecule has 0 spiro atoms. The summed E-state index contributed by atoms with van der Waals surface area (Å²) in [4.78, 5) is 0. The van der Waals surface area contributed by atoms with Crippen molar-refractivity contribution in [2.24, 2.45) is 0 Å². The van der Waals surface area contributed by atoms with Crippen LogP contribution in [0.1, 0.15) is 11.1 Å². The van der Waals surface area contributed by atoms with Gasteiger partial charge in [-0.15, -0.1) is 7.53 Å². The van der Waals surface area contributed by atoms with E-state index in [1.807, 2.05) is 0 Å². The molecular weight excluding hydrogens is 175 g/mol. The van der Waals surface area contributed by atoms with Gasteiger partial charge in [-0.2, -0.15) is 0 Å². The summed E-state index contributed by atoms with van der Waals surface area (Å²) in [5.41, 5.74) is 2.87. The van der Waals surface area contributed by atoms with Gasteiger partial charge in [-0.05, 0) is 29.6 Å². The van der Waals surface area contributed by atoms with Crippen LogP contribution in [0.3, 0.4) is 0 Å². The summed E-state index contributed by atoms with van der Waals surface area (Å²) in [6.07, 6.45) is 1.20. The van der Waals surface area contributed by atoms with E-state index < -0.39 is 0 Å². The lowest BCUT2D eigenvalue weighted by atomic mass is 10.2. The first-order valence-corrected chi connectivity index (χ1v) is 6.17. The fourth-order valence-electron chi connectivity index (χ4n) is 1.45. The summed E-state index contributed by atoms with van der Waals surface area (Å²) in [5, 5.41) is 0. The first-order chi connectivity index (χ1) is 6.34. The van der Waals surface area contributed by atoms with Crippen molar-refractivity contribution < 1.29 is 0 Å². The molecule has 2 aromatic rings. The van der Waals surface area contributed by atoms with Crippen LogP contribution in [0.2, 0.25) is 0 Å². The van der Waals surface area contributed by atoms with Crippen LogP contribution in [-0.4, -0.2) is 0 Å². The van der Waals surface area contributed by atoms with Crippen LogP contribution in [0.15, 0.2) is 48.0 Å². The molecule has 1 unspecified atom stereocenters. The quantitative estimate of drug-likeness (QED) is 0.667. The van der Waals surface area contributed by atoms with Crippen molar-refractivity contribution in [1.82, 2.24) is 0 Å². The molecule has 0 fully saturated rings. The molecule has 66 valence electrons. The highest BCUT2D eigenvalue weighted by molar-refractivity contribution is 7.47. The van der Waals surface area contributed by atoms with Gasteiger partial charge in [0.15, 0.2) is 0 Å². The highest BCUT2D eigenvalue weighted by atomic mass is 31.1. The van der Waals surface area contributed by atoms with Crippen molar-refractivity contribution in [3.63, 3.8) is 0 Å². The van der Waals surface area contributed by atoms with Gasteiger partial charge < -0.3 is 0 Å². The molecule has 1 heterocycles. The first-order valence-electron chi connectivity index (χ1n) is 4.51. The summed E-state index contributed by atoms with van der Waals surface area (Å²) in [7, 11) is -0.00334. The number of hydrogen-bond acceptors (Lipinski definition) is 0. The molecule has 0 bridgehead atoms. The average Bonchev–Trinajstić information content (AvgIpc) is 2.53. The van der Waals surface area contributed by atoms with Crippen molar-refractivity contribution in [2.45, 2.75) is 13.1 Å². The van der Waals surface area contributed by atoms with E-state index in [1.54, 1.807) is 0 Å². The van der Waals surface area contributed by atoms with Crippen LogP contribution in [-0.2, 0) is 6.16 Å². The van der Waals surface area contributed by atoms with Gasteiger partial charge in [-0.1, -0.05) is 36.4 Å². The molecule has 0 N–H and O–H groups in total. The molecular formula is C12H13P. The summed E-state index contributed by atoms with van der Waals surface area (Å²) in [5.74, 6) is 4.74. The van der Waals surface area contributed by atoms with Crippen molar-refractivity contribution in [3.8, 4) is 0 Å². The molecule has 0 saturated heterocycles. The Balaban J connectivity index is 2.15. The van der Waals surface area contributed by atoms with E-state index in [4.69, 9.17) is 0 Å². The van der Waals surface area contributed by atoms with E-state index >= 15 is 0 Å². The van der Waals surface area contributed by atoms with E-state index in [1.165, 1.54) is 17.3 Å². The lowest BCUT2D eigenvalue weighted by Gasteiger charge is -1.98. The van der Waals surface area contributed by atoms with Crippen LogP contribution in [0.25, 0.3) is 0 Å². The number of aryl methyl sites for hydroxylation is 1. The first kappa shape index (κ1) is 8.59. The van der Waals surface area contributed by atoms with Crippen molar-refractivity contribution >= 4 is 7.53 Å². The predicted octanol–water partition coefficient (Wildman–Crippen LogP) is 4.03. The van der Waals surface area contributed by atoms with Gasteiger partial charge in [0.05, 0.1) is 0 Å². The van der Waals surface area contributed by atoms with Gasteiger partial charge >= 0.3 is 0 Å². The van der Waals surface area contributed by atoms with Crippen molar-refractivity contribution in [3.05, 3.63) is 59.1 Å². The third kappa shape index (κ3) is 2.23. The van der Waals surface area contributed by atoms with Crippen LogP contribution < -0.4 is 0 Å². The molecule has 2 rings (SSSR count). The van der Waals surface area contributed by atoms with Gasteiger partial charge in [0.2, 0.25) is 0 Å². The highest BCUT2D eigenvalue weighted by Gasteiger charge is 1.95. The second kappa shape index (κ2) is 3.81. The predicted molar refractivity (Wildman–Crippen MR) is 59.4 cm³/mol. The number of benzene rings is 1. The Morgan fingerprint density at radius 1 is 1.08 bits per heavy atom. The molecule has 0 saturated carbocycles. The Hall–Kier alpha value is -1.00. The Bertz CT molecular complexity index is 373. The zero-order valence-corrected chi connectivity index (χ0v) is 8.67. The van der Waals surface area contributed by atoms with Crippen LogP contribution in [0, 0.1) is 6.92 Å². The zero-order valence-electron chi connectivity index (χ0n) is 7.77. The number of hydrogen-bond donors (Lipinski definition) is 0. The fraction of sp³-hybridized carbons (Fsp3) is 0.167. The minimum Gasteiger partial charge on any atom is -0.120 e. The van der Waals surface area contributed by atoms with E-state index in [0.717, 1.165) is 0 Å². The molecule has 0 nitrogen and oxygen atoms in total. The van der Waals surface area contributed by atoms with Gasteiger partial charge in [0.1, 0.15) is 0 Å². The Kier molecular flexibility index (Phi) is 2.52. The molecule has 0 amide bonds. The normalized spacial score (nSPS) is 11.6. The van der Waals surface area contributed by atoms with Gasteiger partial charge in [0, 0.05) is 6.16 Å². The topological polar surface area (TPSA) is 0 Å². The maximum absolute atomic E-state index is 2.39. The van der Waals surface area contributed by atoms with Crippen molar-refractivity contribution in [2.75, 3.05) is 0 Å². The standard InChI is InChI=1S/C12H13P/c1-11-7-8-13(9-11)10-12-5-3-2-4-6-12/h2-9H,10H2,1H3. The highest BCUT2D eigenvalue weighted by Crippen LogP contribution is 2.32. The third-order valence-corrected chi connectivity index (χ3v) is 4.11. The summed E-state index contributed by atoms with van der Waals surface area (Å²) in [6.45, 7) is 2.17. The molecule has 1 atom stereocenters. The molecule has 0 aliphatic carbocycles. The van der Waals surface area contributed by atoms with Gasteiger partial charge in [0.25, 0.3) is 0 Å². The molecule has 1 aromatic carbocycles. The average molecular weight is 188 g/mol. The molecule has 1 heteroatoms. The lowest BCUT2D eigenvalue weighted by molar-refractivity contribution is 1.41. The fourth-order valence-corrected chi connectivity index (χ4v) is 3.40. The second-order valence-electron chi connectivity index (χ2n) is 3.35. The monoisotopic (exact) mass is 188 g/mol. The molecule has 0 aliphatic heterocycles. The minimum absolute atomic E-state index is 0.00334. The smallest absolute Gasteiger partial charge is 0.0111 e. The summed E-state index contributed by atoms with van der Waals surface area (Å²) >= 11 is 0. The van der Waals surface area contributed by atoms with Crippen LogP contribution >= 0.6 is 7.53 Å². The zero-order chi connectivity index (χ0) is 9.10. The van der Waals surface area contributed by atoms with E-state index in [0.29, 0.717) is 0 Å². The Morgan fingerprint density at radius 3 is 2.46 bits per heavy atom. The minimum atomic E-state index is -0.00334. The van der Waals surface area contributed by atoms with Gasteiger partial charge in [-0.25, -0.2) is 0 Å². The number of rotatable bonds is 2. The summed E-state index contributed by atoms with van der Waals surface area (Å²) < 4.78 is 0. The Labute approximate surface area is 80.3 Å². The molecule has 0 radical (unpaired) electrons. The largest absolute Gasteiger partial charge is 0.120 e. The lowest BCUT2D eigenvalue weighted by Crippen LogP contribution is -1.74. The molecule has 0 aliphatic rings. The van der Waals surface area contributed by atoms with E-state index in [2.05, 4.69) is 54.9 Å².